The maximum atomic E-state index is 11.5. The van der Waals surface area contributed by atoms with Crippen LogP contribution in [-0.4, -0.2) is 39.3 Å². The van der Waals surface area contributed by atoms with E-state index in [1.54, 1.807) is 0 Å². The zero-order valence-electron chi connectivity index (χ0n) is 9.16. The molecule has 0 spiro atoms. The van der Waals surface area contributed by atoms with Crippen LogP contribution in [0.2, 0.25) is 0 Å². The summed E-state index contributed by atoms with van der Waals surface area (Å²) in [4.78, 5) is 11.5. The third-order valence-electron chi connectivity index (χ3n) is 2.73. The molecule has 0 aromatic rings. The molecule has 0 unspecified atom stereocenters. The first-order valence-corrected chi connectivity index (χ1v) is 7.43. The summed E-state index contributed by atoms with van der Waals surface area (Å²) in [6.45, 7) is 1.95. The Hall–Kier alpha value is -0.420. The van der Waals surface area contributed by atoms with Gasteiger partial charge in [-0.1, -0.05) is 0 Å². The summed E-state index contributed by atoms with van der Waals surface area (Å²) in [5, 5.41) is 3.24. The van der Waals surface area contributed by atoms with E-state index in [9.17, 15) is 13.2 Å². The largest absolute Gasteiger partial charge is 0.317 e. The lowest BCUT2D eigenvalue weighted by Crippen LogP contribution is -2.29. The minimum Gasteiger partial charge on any atom is -0.317 e. The summed E-state index contributed by atoms with van der Waals surface area (Å²) in [6, 6.07) is 0. The lowest BCUT2D eigenvalue weighted by atomic mass is 9.92. The molecule has 88 valence electrons. The fourth-order valence-electron chi connectivity index (χ4n) is 1.81. The number of ketones is 1. The van der Waals surface area contributed by atoms with Crippen molar-refractivity contribution in [3.8, 4) is 0 Å². The van der Waals surface area contributed by atoms with Gasteiger partial charge in [0.1, 0.15) is 15.6 Å². The van der Waals surface area contributed by atoms with Gasteiger partial charge < -0.3 is 5.32 Å². The molecule has 0 aromatic carbocycles. The van der Waals surface area contributed by atoms with Crippen LogP contribution in [0.3, 0.4) is 0 Å². The van der Waals surface area contributed by atoms with Crippen LogP contribution in [0.4, 0.5) is 0 Å². The van der Waals surface area contributed by atoms with E-state index in [2.05, 4.69) is 5.32 Å². The molecule has 0 radical (unpaired) electrons. The van der Waals surface area contributed by atoms with Crippen LogP contribution < -0.4 is 5.32 Å². The molecule has 1 saturated heterocycles. The molecule has 0 aromatic heterocycles. The van der Waals surface area contributed by atoms with E-state index >= 15 is 0 Å². The normalized spacial score (nSPS) is 19.0. The number of rotatable bonds is 5. The highest BCUT2D eigenvalue weighted by molar-refractivity contribution is 7.90. The highest BCUT2D eigenvalue weighted by Gasteiger charge is 2.17. The number of hydrogen-bond donors (Lipinski definition) is 1. The number of sulfone groups is 1. The Labute approximate surface area is 91.4 Å². The number of carbonyl (C=O) groups excluding carboxylic acids is 1. The predicted molar refractivity (Wildman–Crippen MR) is 59.5 cm³/mol. The maximum Gasteiger partial charge on any atom is 0.147 e. The van der Waals surface area contributed by atoms with Crippen molar-refractivity contribution in [1.82, 2.24) is 5.32 Å². The summed E-state index contributed by atoms with van der Waals surface area (Å²) in [6.07, 6.45) is 3.97. The molecule has 1 rings (SSSR count). The van der Waals surface area contributed by atoms with E-state index in [1.165, 1.54) is 6.26 Å². The van der Waals surface area contributed by atoms with Gasteiger partial charge in [-0.15, -0.1) is 0 Å². The summed E-state index contributed by atoms with van der Waals surface area (Å²) in [5.74, 6) is 0.544. The molecule has 4 nitrogen and oxygen atoms in total. The highest BCUT2D eigenvalue weighted by Crippen LogP contribution is 2.16. The molecule has 1 N–H and O–H groups in total. The lowest BCUT2D eigenvalue weighted by molar-refractivity contribution is -0.119. The van der Waals surface area contributed by atoms with E-state index in [4.69, 9.17) is 0 Å². The first-order chi connectivity index (χ1) is 6.97. The molecule has 0 atom stereocenters. The fraction of sp³-hybridized carbons (Fsp3) is 0.900. The molecule has 0 aliphatic carbocycles. The number of hydrogen-bond acceptors (Lipinski definition) is 4. The van der Waals surface area contributed by atoms with Gasteiger partial charge in [0.25, 0.3) is 0 Å². The van der Waals surface area contributed by atoms with Crippen LogP contribution in [-0.2, 0) is 14.6 Å². The molecule has 0 saturated carbocycles. The van der Waals surface area contributed by atoms with E-state index in [1.807, 2.05) is 0 Å². The Balaban J connectivity index is 2.23. The molecule has 0 bridgehead atoms. The average molecular weight is 233 g/mol. The van der Waals surface area contributed by atoms with Gasteiger partial charge >= 0.3 is 0 Å². The van der Waals surface area contributed by atoms with E-state index in [-0.39, 0.29) is 18.0 Å². The van der Waals surface area contributed by atoms with Gasteiger partial charge in [0.2, 0.25) is 0 Å². The zero-order chi connectivity index (χ0) is 11.3. The van der Waals surface area contributed by atoms with Crippen molar-refractivity contribution in [3.05, 3.63) is 0 Å². The van der Waals surface area contributed by atoms with Crippen molar-refractivity contribution < 1.29 is 13.2 Å². The molecule has 1 aliphatic rings. The lowest BCUT2D eigenvalue weighted by Gasteiger charge is -2.21. The molecule has 1 heterocycles. The third kappa shape index (κ3) is 5.89. The van der Waals surface area contributed by atoms with Gasteiger partial charge in [0.05, 0.1) is 5.75 Å². The standard InChI is InChI=1S/C10H19NO3S/c1-15(13,14)7-4-10(12)8-9-2-5-11-6-3-9/h9,11H,2-8H2,1H3. The van der Waals surface area contributed by atoms with Crippen LogP contribution in [0.15, 0.2) is 0 Å². The number of piperidine rings is 1. The molecule has 5 heteroatoms. The minimum absolute atomic E-state index is 0.00317. The first kappa shape index (κ1) is 12.6. The minimum atomic E-state index is -2.99. The number of Topliss-reactive ketones (excluding diaryl/α,β-unsaturated/α-hetero) is 1. The summed E-state index contributed by atoms with van der Waals surface area (Å²) >= 11 is 0. The summed E-state index contributed by atoms with van der Waals surface area (Å²) in [5.41, 5.74) is 0. The monoisotopic (exact) mass is 233 g/mol. The van der Waals surface area contributed by atoms with Crippen molar-refractivity contribution in [2.45, 2.75) is 25.7 Å². The van der Waals surface area contributed by atoms with Crippen LogP contribution in [0.1, 0.15) is 25.7 Å². The van der Waals surface area contributed by atoms with Crippen LogP contribution in [0.5, 0.6) is 0 Å². The number of nitrogens with one attached hydrogen (secondary N) is 1. The Kier molecular flexibility index (Phi) is 4.73. The highest BCUT2D eigenvalue weighted by atomic mass is 32.2. The quantitative estimate of drug-likeness (QED) is 0.745. The Morgan fingerprint density at radius 1 is 1.33 bits per heavy atom. The molecule has 1 aliphatic heterocycles. The predicted octanol–water partition coefficient (Wildman–Crippen LogP) is 0.380. The van der Waals surface area contributed by atoms with Crippen molar-refractivity contribution >= 4 is 15.6 Å². The van der Waals surface area contributed by atoms with Gasteiger partial charge in [-0.05, 0) is 31.8 Å². The second kappa shape index (κ2) is 5.61. The molecule has 1 fully saturated rings. The van der Waals surface area contributed by atoms with Gasteiger partial charge in [0.15, 0.2) is 0 Å². The maximum absolute atomic E-state index is 11.5. The molecular weight excluding hydrogens is 214 g/mol. The Morgan fingerprint density at radius 2 is 1.93 bits per heavy atom. The van der Waals surface area contributed by atoms with Crippen LogP contribution in [0.25, 0.3) is 0 Å². The van der Waals surface area contributed by atoms with Gasteiger partial charge in [-0.25, -0.2) is 8.42 Å². The van der Waals surface area contributed by atoms with E-state index in [0.717, 1.165) is 25.9 Å². The number of carbonyl (C=O) groups is 1. The van der Waals surface area contributed by atoms with Crippen molar-refractivity contribution in [2.75, 3.05) is 25.1 Å². The van der Waals surface area contributed by atoms with E-state index < -0.39 is 9.84 Å². The van der Waals surface area contributed by atoms with Gasteiger partial charge in [-0.2, -0.15) is 0 Å². The smallest absolute Gasteiger partial charge is 0.147 e. The fourth-order valence-corrected chi connectivity index (χ4v) is 2.41. The summed E-state index contributed by atoms with van der Waals surface area (Å²) in [7, 11) is -2.99. The van der Waals surface area contributed by atoms with Crippen molar-refractivity contribution in [3.63, 3.8) is 0 Å². The third-order valence-corrected chi connectivity index (χ3v) is 3.67. The molecule has 15 heavy (non-hydrogen) atoms. The van der Waals surface area contributed by atoms with Gasteiger partial charge in [-0.3, -0.25) is 4.79 Å². The second-order valence-corrected chi connectivity index (χ2v) is 6.58. The van der Waals surface area contributed by atoms with Gasteiger partial charge in [0, 0.05) is 19.1 Å². The first-order valence-electron chi connectivity index (χ1n) is 5.37. The molecule has 0 amide bonds. The second-order valence-electron chi connectivity index (χ2n) is 4.32. The van der Waals surface area contributed by atoms with E-state index in [0.29, 0.717) is 12.3 Å². The van der Waals surface area contributed by atoms with Crippen molar-refractivity contribution in [2.24, 2.45) is 5.92 Å². The van der Waals surface area contributed by atoms with Crippen LogP contribution >= 0.6 is 0 Å². The summed E-state index contributed by atoms with van der Waals surface area (Å²) < 4.78 is 21.7. The SMILES string of the molecule is CS(=O)(=O)CCC(=O)CC1CCNCC1. The topological polar surface area (TPSA) is 63.2 Å². The Morgan fingerprint density at radius 3 is 2.47 bits per heavy atom. The Bertz CT molecular complexity index is 305. The average Bonchev–Trinajstić information content (AvgIpc) is 2.15. The van der Waals surface area contributed by atoms with Crippen molar-refractivity contribution in [1.29, 1.82) is 0 Å². The zero-order valence-corrected chi connectivity index (χ0v) is 9.98. The molecular formula is C10H19NO3S. The van der Waals surface area contributed by atoms with Crippen LogP contribution in [0, 0.1) is 5.92 Å².